The van der Waals surface area contributed by atoms with Crippen LogP contribution in [0.2, 0.25) is 0 Å². The van der Waals surface area contributed by atoms with E-state index in [1.165, 1.54) is 21.5 Å². The monoisotopic (exact) mass is 398 g/mol. The molecule has 0 heterocycles. The van der Waals surface area contributed by atoms with Gasteiger partial charge >= 0.3 is 7.12 Å². The lowest BCUT2D eigenvalue weighted by Crippen LogP contribution is -2.31. The SMILES string of the molecule is OB(O)c1c2ccccc2c(-c2ccc3cc4ccccc4cc3c2)c2ccccc12. The Hall–Kier alpha value is -3.66. The van der Waals surface area contributed by atoms with E-state index in [4.69, 9.17) is 0 Å². The summed E-state index contributed by atoms with van der Waals surface area (Å²) in [4.78, 5) is 0. The molecule has 0 saturated carbocycles. The Morgan fingerprint density at radius 3 is 1.52 bits per heavy atom. The van der Waals surface area contributed by atoms with Crippen LogP contribution < -0.4 is 5.46 Å². The van der Waals surface area contributed by atoms with E-state index >= 15 is 0 Å². The summed E-state index contributed by atoms with van der Waals surface area (Å²) < 4.78 is 0. The zero-order valence-electron chi connectivity index (χ0n) is 16.8. The first kappa shape index (κ1) is 18.1. The Balaban J connectivity index is 1.73. The third kappa shape index (κ3) is 2.82. The average molecular weight is 398 g/mol. The molecule has 31 heavy (non-hydrogen) atoms. The van der Waals surface area contributed by atoms with Crippen molar-refractivity contribution in [2.75, 3.05) is 0 Å². The van der Waals surface area contributed by atoms with E-state index in [0.717, 1.165) is 32.7 Å². The van der Waals surface area contributed by atoms with E-state index in [9.17, 15) is 10.0 Å². The lowest BCUT2D eigenvalue weighted by atomic mass is 9.72. The van der Waals surface area contributed by atoms with Crippen LogP contribution in [0.3, 0.4) is 0 Å². The molecule has 0 spiro atoms. The molecule has 3 heteroatoms. The number of benzene rings is 6. The molecule has 146 valence electrons. The predicted octanol–water partition coefficient (Wildman–Crippen LogP) is 5.65. The lowest BCUT2D eigenvalue weighted by molar-refractivity contribution is 0.426. The Morgan fingerprint density at radius 2 is 0.935 bits per heavy atom. The highest BCUT2D eigenvalue weighted by Crippen LogP contribution is 2.37. The van der Waals surface area contributed by atoms with Gasteiger partial charge in [0, 0.05) is 0 Å². The van der Waals surface area contributed by atoms with Crippen molar-refractivity contribution in [1.29, 1.82) is 0 Å². The molecule has 6 rings (SSSR count). The molecule has 0 aromatic heterocycles. The van der Waals surface area contributed by atoms with E-state index in [2.05, 4.69) is 66.7 Å². The topological polar surface area (TPSA) is 40.5 Å². The van der Waals surface area contributed by atoms with Gasteiger partial charge in [-0.25, -0.2) is 0 Å². The molecule has 0 fully saturated rings. The summed E-state index contributed by atoms with van der Waals surface area (Å²) in [5.74, 6) is 0. The van der Waals surface area contributed by atoms with Gasteiger partial charge in [-0.3, -0.25) is 0 Å². The van der Waals surface area contributed by atoms with Crippen molar-refractivity contribution in [1.82, 2.24) is 0 Å². The molecule has 2 N–H and O–H groups in total. The van der Waals surface area contributed by atoms with Crippen molar-refractivity contribution in [3.8, 4) is 11.1 Å². The van der Waals surface area contributed by atoms with Crippen LogP contribution >= 0.6 is 0 Å². The summed E-state index contributed by atoms with van der Waals surface area (Å²) in [6.07, 6.45) is 0. The normalized spacial score (nSPS) is 11.5. The number of rotatable bonds is 2. The number of hydrogen-bond donors (Lipinski definition) is 2. The Bertz CT molecular complexity index is 1560. The summed E-state index contributed by atoms with van der Waals surface area (Å²) >= 11 is 0. The molecule has 6 aromatic rings. The molecule has 0 aliphatic heterocycles. The minimum absolute atomic E-state index is 0.557. The maximum absolute atomic E-state index is 10.2. The second kappa shape index (κ2) is 6.95. The third-order valence-corrected chi connectivity index (χ3v) is 6.22. The fraction of sp³-hybridized carbons (Fsp3) is 0. The molecular formula is C28H19BO2. The molecule has 2 nitrogen and oxygen atoms in total. The van der Waals surface area contributed by atoms with Gasteiger partial charge in [0.15, 0.2) is 0 Å². The fourth-order valence-corrected chi connectivity index (χ4v) is 4.85. The minimum Gasteiger partial charge on any atom is -0.423 e. The van der Waals surface area contributed by atoms with Gasteiger partial charge < -0.3 is 10.0 Å². The molecule has 0 amide bonds. The van der Waals surface area contributed by atoms with Gasteiger partial charge in [0.1, 0.15) is 0 Å². The summed E-state index contributed by atoms with van der Waals surface area (Å²) in [7, 11) is -1.54. The van der Waals surface area contributed by atoms with E-state index in [-0.39, 0.29) is 0 Å². The largest absolute Gasteiger partial charge is 0.489 e. The van der Waals surface area contributed by atoms with E-state index in [1.807, 2.05) is 36.4 Å². The van der Waals surface area contributed by atoms with Crippen molar-refractivity contribution in [3.63, 3.8) is 0 Å². The van der Waals surface area contributed by atoms with Gasteiger partial charge in [-0.05, 0) is 77.9 Å². The molecule has 0 aliphatic rings. The smallest absolute Gasteiger partial charge is 0.423 e. The molecular weight excluding hydrogens is 379 g/mol. The Morgan fingerprint density at radius 1 is 0.452 bits per heavy atom. The van der Waals surface area contributed by atoms with Crippen molar-refractivity contribution in [2.45, 2.75) is 0 Å². The average Bonchev–Trinajstić information content (AvgIpc) is 2.80. The Kier molecular flexibility index (Phi) is 4.07. The third-order valence-electron chi connectivity index (χ3n) is 6.22. The van der Waals surface area contributed by atoms with Gasteiger partial charge in [-0.1, -0.05) is 84.9 Å². The summed E-state index contributed by atoms with van der Waals surface area (Å²) in [6.45, 7) is 0. The minimum atomic E-state index is -1.54. The second-order valence-corrected chi connectivity index (χ2v) is 8.01. The van der Waals surface area contributed by atoms with Crippen LogP contribution in [-0.4, -0.2) is 17.2 Å². The maximum atomic E-state index is 10.2. The van der Waals surface area contributed by atoms with Gasteiger partial charge in [0.25, 0.3) is 0 Å². The molecule has 6 aromatic carbocycles. The Labute approximate surface area is 180 Å². The molecule has 0 radical (unpaired) electrons. The molecule has 0 unspecified atom stereocenters. The van der Waals surface area contributed by atoms with Crippen LogP contribution in [0.4, 0.5) is 0 Å². The number of fused-ring (bicyclic) bond motifs is 4. The summed E-state index contributed by atoms with van der Waals surface area (Å²) in [5.41, 5.74) is 2.79. The van der Waals surface area contributed by atoms with Gasteiger partial charge in [0.05, 0.1) is 0 Å². The van der Waals surface area contributed by atoms with Gasteiger partial charge in [-0.15, -0.1) is 0 Å². The molecule has 0 aliphatic carbocycles. The molecule has 0 atom stereocenters. The van der Waals surface area contributed by atoms with E-state index in [1.54, 1.807) is 0 Å². The number of hydrogen-bond acceptors (Lipinski definition) is 2. The van der Waals surface area contributed by atoms with Crippen LogP contribution in [0.1, 0.15) is 0 Å². The van der Waals surface area contributed by atoms with Crippen molar-refractivity contribution < 1.29 is 10.0 Å². The highest BCUT2D eigenvalue weighted by molar-refractivity contribution is 6.66. The van der Waals surface area contributed by atoms with Crippen LogP contribution in [0, 0.1) is 0 Å². The maximum Gasteiger partial charge on any atom is 0.489 e. The van der Waals surface area contributed by atoms with E-state index in [0.29, 0.717) is 5.46 Å². The molecule has 0 saturated heterocycles. The van der Waals surface area contributed by atoms with Crippen LogP contribution in [-0.2, 0) is 0 Å². The van der Waals surface area contributed by atoms with Gasteiger partial charge in [-0.2, -0.15) is 0 Å². The highest BCUT2D eigenvalue weighted by Gasteiger charge is 2.22. The van der Waals surface area contributed by atoms with Crippen molar-refractivity contribution >= 4 is 55.7 Å². The highest BCUT2D eigenvalue weighted by atomic mass is 16.4. The zero-order valence-corrected chi connectivity index (χ0v) is 16.8. The second-order valence-electron chi connectivity index (χ2n) is 8.01. The standard InChI is InChI=1S/C28H19BO2/c30-29(31)28-25-11-5-3-9-23(25)27(24-10-4-6-12-26(24)28)21-14-13-20-15-18-7-1-2-8-19(18)16-22(20)17-21/h1-17,30-31H. The first-order chi connectivity index (χ1) is 15.2. The summed E-state index contributed by atoms with van der Waals surface area (Å²) in [5, 5.41) is 29.0. The lowest BCUT2D eigenvalue weighted by Gasteiger charge is -2.17. The predicted molar refractivity (Wildman–Crippen MR) is 132 cm³/mol. The van der Waals surface area contributed by atoms with Crippen molar-refractivity contribution in [2.24, 2.45) is 0 Å². The first-order valence-electron chi connectivity index (χ1n) is 10.4. The van der Waals surface area contributed by atoms with E-state index < -0.39 is 7.12 Å². The van der Waals surface area contributed by atoms with Crippen molar-refractivity contribution in [3.05, 3.63) is 103 Å². The molecule has 0 bridgehead atoms. The van der Waals surface area contributed by atoms with Crippen LogP contribution in [0.25, 0.3) is 54.2 Å². The fourth-order valence-electron chi connectivity index (χ4n) is 4.85. The van der Waals surface area contributed by atoms with Crippen LogP contribution in [0.15, 0.2) is 103 Å². The first-order valence-corrected chi connectivity index (χ1v) is 10.4. The zero-order chi connectivity index (χ0) is 20.9. The quantitative estimate of drug-likeness (QED) is 0.293. The summed E-state index contributed by atoms with van der Waals surface area (Å²) in [6, 6.07) is 35.4. The van der Waals surface area contributed by atoms with Gasteiger partial charge in [0.2, 0.25) is 0 Å². The van der Waals surface area contributed by atoms with Crippen LogP contribution in [0.5, 0.6) is 0 Å².